The van der Waals surface area contributed by atoms with E-state index in [1.165, 1.54) is 0 Å². The molecule has 1 aromatic heterocycles. The molecular weight excluding hydrogens is 228 g/mol. The number of nitrogens with zero attached hydrogens (tertiary/aromatic N) is 1. The van der Waals surface area contributed by atoms with E-state index < -0.39 is 0 Å². The first-order chi connectivity index (χ1) is 8.78. The number of aromatic nitrogens is 2. The average molecular weight is 246 g/mol. The summed E-state index contributed by atoms with van der Waals surface area (Å²) >= 11 is 0. The second kappa shape index (κ2) is 5.95. The summed E-state index contributed by atoms with van der Waals surface area (Å²) in [5.74, 6) is 0.798. The van der Waals surface area contributed by atoms with Crippen LogP contribution in [0.2, 0.25) is 0 Å². The number of nitrogens with two attached hydrogens (primary N) is 1. The molecule has 0 saturated carbocycles. The molecule has 2 aromatic rings. The maximum absolute atomic E-state index is 5.84. The lowest BCUT2D eigenvalue weighted by molar-refractivity contribution is 0.318. The molecule has 1 heterocycles. The van der Waals surface area contributed by atoms with Gasteiger partial charge < -0.3 is 15.8 Å². The molecule has 0 aliphatic rings. The molecule has 0 atom stereocenters. The van der Waals surface area contributed by atoms with Crippen LogP contribution in [0, 0.1) is 0 Å². The zero-order valence-corrected chi connectivity index (χ0v) is 10.4. The van der Waals surface area contributed by atoms with Gasteiger partial charge in [0.2, 0.25) is 0 Å². The van der Waals surface area contributed by atoms with Crippen LogP contribution in [0.3, 0.4) is 0 Å². The Labute approximate surface area is 106 Å². The highest BCUT2D eigenvalue weighted by Gasteiger charge is 2.00. The number of nitrogen functional groups attached to an aromatic ring is 1. The molecule has 0 radical (unpaired) electrons. The van der Waals surface area contributed by atoms with Crippen molar-refractivity contribution in [1.29, 1.82) is 0 Å². The van der Waals surface area contributed by atoms with Gasteiger partial charge in [0, 0.05) is 41.8 Å². The highest BCUT2D eigenvalue weighted by molar-refractivity contribution is 5.59. The van der Waals surface area contributed by atoms with Crippen molar-refractivity contribution in [3.8, 4) is 5.75 Å². The van der Waals surface area contributed by atoms with Crippen molar-refractivity contribution in [3.05, 3.63) is 36.2 Å². The predicted octanol–water partition coefficient (Wildman–Crippen LogP) is 2.39. The Morgan fingerprint density at radius 3 is 3.00 bits per heavy atom. The summed E-state index contributed by atoms with van der Waals surface area (Å²) < 4.78 is 5.58. The molecule has 5 nitrogen and oxygen atoms in total. The molecule has 0 aliphatic carbocycles. The van der Waals surface area contributed by atoms with E-state index in [2.05, 4.69) is 22.4 Å². The number of benzene rings is 1. The lowest BCUT2D eigenvalue weighted by atomic mass is 10.2. The van der Waals surface area contributed by atoms with Crippen molar-refractivity contribution in [2.45, 2.75) is 19.9 Å². The van der Waals surface area contributed by atoms with E-state index >= 15 is 0 Å². The lowest BCUT2D eigenvalue weighted by Crippen LogP contribution is -2.01. The number of anilines is 2. The standard InChI is InChI=1S/C13H18N4O/c1-2-3-18-13-5-11(14)4-12(6-13)15-7-10-8-16-17-9-10/h4-6,8-9,15H,2-3,7,14H2,1H3,(H,16,17). The number of hydrogen-bond donors (Lipinski definition) is 3. The molecule has 96 valence electrons. The van der Waals surface area contributed by atoms with Gasteiger partial charge >= 0.3 is 0 Å². The third-order valence-electron chi connectivity index (χ3n) is 2.45. The smallest absolute Gasteiger partial charge is 0.123 e. The maximum Gasteiger partial charge on any atom is 0.123 e. The van der Waals surface area contributed by atoms with Crippen molar-refractivity contribution in [2.75, 3.05) is 17.7 Å². The van der Waals surface area contributed by atoms with E-state index in [-0.39, 0.29) is 0 Å². The minimum absolute atomic E-state index is 0.693. The maximum atomic E-state index is 5.84. The summed E-state index contributed by atoms with van der Waals surface area (Å²) in [6, 6.07) is 5.67. The fourth-order valence-electron chi connectivity index (χ4n) is 1.61. The lowest BCUT2D eigenvalue weighted by Gasteiger charge is -2.10. The van der Waals surface area contributed by atoms with Crippen LogP contribution in [0.5, 0.6) is 5.75 Å². The van der Waals surface area contributed by atoms with Gasteiger partial charge in [-0.25, -0.2) is 0 Å². The fourth-order valence-corrected chi connectivity index (χ4v) is 1.61. The van der Waals surface area contributed by atoms with Gasteiger partial charge in [-0.05, 0) is 12.5 Å². The number of aromatic amines is 1. The number of hydrogen-bond acceptors (Lipinski definition) is 4. The number of H-pyrrole nitrogens is 1. The van der Waals surface area contributed by atoms with Crippen LogP contribution >= 0.6 is 0 Å². The molecule has 2 rings (SSSR count). The molecule has 0 aliphatic heterocycles. The normalized spacial score (nSPS) is 10.3. The molecule has 5 heteroatoms. The van der Waals surface area contributed by atoms with E-state index in [9.17, 15) is 0 Å². The van der Waals surface area contributed by atoms with Crippen LogP contribution in [0.15, 0.2) is 30.6 Å². The van der Waals surface area contributed by atoms with Gasteiger partial charge in [0.1, 0.15) is 5.75 Å². The second-order valence-electron chi connectivity index (χ2n) is 4.10. The molecule has 0 fully saturated rings. The van der Waals surface area contributed by atoms with Crippen molar-refractivity contribution in [2.24, 2.45) is 0 Å². The Hall–Kier alpha value is -2.17. The molecule has 1 aromatic carbocycles. The zero-order chi connectivity index (χ0) is 12.8. The minimum Gasteiger partial charge on any atom is -0.493 e. The van der Waals surface area contributed by atoms with Crippen molar-refractivity contribution >= 4 is 11.4 Å². The zero-order valence-electron chi connectivity index (χ0n) is 10.4. The van der Waals surface area contributed by atoms with Crippen LogP contribution < -0.4 is 15.8 Å². The van der Waals surface area contributed by atoms with Crippen LogP contribution in [0.4, 0.5) is 11.4 Å². The first-order valence-corrected chi connectivity index (χ1v) is 6.03. The van der Waals surface area contributed by atoms with Crippen molar-refractivity contribution in [1.82, 2.24) is 10.2 Å². The van der Waals surface area contributed by atoms with Gasteiger partial charge in [-0.2, -0.15) is 5.10 Å². The molecule has 0 saturated heterocycles. The van der Waals surface area contributed by atoms with Crippen molar-refractivity contribution < 1.29 is 4.74 Å². The molecule has 4 N–H and O–H groups in total. The summed E-state index contributed by atoms with van der Waals surface area (Å²) in [5, 5.41) is 9.96. The van der Waals surface area contributed by atoms with Gasteiger partial charge in [0.05, 0.1) is 12.8 Å². The Morgan fingerprint density at radius 2 is 2.28 bits per heavy atom. The predicted molar refractivity (Wildman–Crippen MR) is 72.6 cm³/mol. The van der Waals surface area contributed by atoms with Crippen molar-refractivity contribution in [3.63, 3.8) is 0 Å². The summed E-state index contributed by atoms with van der Waals surface area (Å²) in [5.41, 5.74) is 8.57. The third kappa shape index (κ3) is 3.41. The van der Waals surface area contributed by atoms with Gasteiger partial charge in [-0.1, -0.05) is 6.92 Å². The Morgan fingerprint density at radius 1 is 1.39 bits per heavy atom. The third-order valence-corrected chi connectivity index (χ3v) is 2.45. The topological polar surface area (TPSA) is 76.0 Å². The summed E-state index contributed by atoms with van der Waals surface area (Å²) in [7, 11) is 0. The first-order valence-electron chi connectivity index (χ1n) is 6.03. The summed E-state index contributed by atoms with van der Waals surface area (Å²) in [4.78, 5) is 0. The number of nitrogens with one attached hydrogen (secondary N) is 2. The van der Waals surface area contributed by atoms with Crippen LogP contribution in [0.1, 0.15) is 18.9 Å². The Bertz CT molecular complexity index is 482. The molecular formula is C13H18N4O. The summed E-state index contributed by atoms with van der Waals surface area (Å²) in [6.07, 6.45) is 4.62. The SMILES string of the molecule is CCCOc1cc(N)cc(NCc2cn[nH]c2)c1. The second-order valence-corrected chi connectivity index (χ2v) is 4.10. The molecule has 18 heavy (non-hydrogen) atoms. The Balaban J connectivity index is 2.00. The minimum atomic E-state index is 0.693. The van der Waals surface area contributed by atoms with E-state index in [0.717, 1.165) is 23.4 Å². The molecule has 0 amide bonds. The monoisotopic (exact) mass is 246 g/mol. The number of rotatable bonds is 6. The van der Waals surface area contributed by atoms with E-state index in [4.69, 9.17) is 10.5 Å². The van der Waals surface area contributed by atoms with Crippen LogP contribution in [-0.2, 0) is 6.54 Å². The van der Waals surface area contributed by atoms with E-state index in [0.29, 0.717) is 18.8 Å². The molecule has 0 bridgehead atoms. The summed E-state index contributed by atoms with van der Waals surface area (Å²) in [6.45, 7) is 3.47. The van der Waals surface area contributed by atoms with Gasteiger partial charge in [-0.3, -0.25) is 5.10 Å². The van der Waals surface area contributed by atoms with Crippen LogP contribution in [-0.4, -0.2) is 16.8 Å². The van der Waals surface area contributed by atoms with Gasteiger partial charge in [0.25, 0.3) is 0 Å². The molecule has 0 unspecified atom stereocenters. The quantitative estimate of drug-likeness (QED) is 0.684. The number of ether oxygens (including phenoxy) is 1. The van der Waals surface area contributed by atoms with E-state index in [1.54, 1.807) is 6.20 Å². The highest BCUT2D eigenvalue weighted by atomic mass is 16.5. The highest BCUT2D eigenvalue weighted by Crippen LogP contribution is 2.23. The van der Waals surface area contributed by atoms with E-state index in [1.807, 2.05) is 24.4 Å². The fraction of sp³-hybridized carbons (Fsp3) is 0.308. The van der Waals surface area contributed by atoms with Crippen LogP contribution in [0.25, 0.3) is 0 Å². The largest absolute Gasteiger partial charge is 0.493 e. The molecule has 0 spiro atoms. The first kappa shape index (κ1) is 12.3. The average Bonchev–Trinajstić information content (AvgIpc) is 2.86. The van der Waals surface area contributed by atoms with Gasteiger partial charge in [0.15, 0.2) is 0 Å². The van der Waals surface area contributed by atoms with Gasteiger partial charge in [-0.15, -0.1) is 0 Å². The Kier molecular flexibility index (Phi) is 4.06.